The van der Waals surface area contributed by atoms with Crippen molar-refractivity contribution in [1.29, 1.82) is 0 Å². The zero-order valence-electron chi connectivity index (χ0n) is 7.44. The molecule has 0 bridgehead atoms. The number of hydrogen-bond donors (Lipinski definition) is 1. The van der Waals surface area contributed by atoms with Gasteiger partial charge in [-0.1, -0.05) is 23.1 Å². The Hall–Kier alpha value is -0.0451. The van der Waals surface area contributed by atoms with Crippen molar-refractivity contribution in [3.63, 3.8) is 0 Å². The number of nitrogens with one attached hydrogen (secondary N) is 1. The van der Waals surface area contributed by atoms with E-state index in [-0.39, 0.29) is 12.4 Å². The van der Waals surface area contributed by atoms with E-state index in [2.05, 4.69) is 16.9 Å². The monoisotopic (exact) mass is 236 g/mol. The Morgan fingerprint density at radius 2 is 1.85 bits per heavy atom. The topological polar surface area (TPSA) is 12.0 Å². The Labute approximate surface area is 96.6 Å². The summed E-state index contributed by atoms with van der Waals surface area (Å²) in [6, 6.07) is 5.36. The van der Waals surface area contributed by atoms with Crippen molar-refractivity contribution < 1.29 is 12.4 Å². The molecule has 1 aromatic carbocycles. The van der Waals surface area contributed by atoms with Gasteiger partial charge in [0.1, 0.15) is 7.85 Å². The molecule has 1 aromatic rings. The van der Waals surface area contributed by atoms with Gasteiger partial charge < -0.3 is 17.7 Å². The van der Waals surface area contributed by atoms with Crippen molar-refractivity contribution in [2.45, 2.75) is 0 Å². The van der Waals surface area contributed by atoms with Crippen LogP contribution in [0.15, 0.2) is 18.2 Å². The van der Waals surface area contributed by atoms with Crippen LogP contribution in [0.25, 0.3) is 0 Å². The number of rotatable bonds is 1. The van der Waals surface area contributed by atoms with Crippen molar-refractivity contribution in [3.8, 4) is 0 Å². The minimum Gasteiger partial charge on any atom is -1.00 e. The predicted octanol–water partition coefficient (Wildman–Crippen LogP) is -0.966. The summed E-state index contributed by atoms with van der Waals surface area (Å²) in [6.07, 6.45) is 1.47. The van der Waals surface area contributed by atoms with E-state index in [4.69, 9.17) is 19.4 Å². The molecular weight excluding hydrogens is 227 g/mol. The summed E-state index contributed by atoms with van der Waals surface area (Å²) >= 11 is 10.4. The fourth-order valence-electron chi connectivity index (χ4n) is 0.734. The van der Waals surface area contributed by atoms with Crippen LogP contribution < -0.4 is 23.2 Å². The van der Waals surface area contributed by atoms with E-state index in [1.54, 1.807) is 12.1 Å². The molecule has 0 amide bonds. The standard InChI is InChI=1S/C7H7BClN.CH3Cl.ClH/c1-10-7-3-2-5(8)4-6(7)9;1-2;/h2-4,10H,1H3;1H3;1H/p-1. The lowest BCUT2D eigenvalue weighted by Crippen LogP contribution is -3.00. The third-order valence-corrected chi connectivity index (χ3v) is 1.58. The van der Waals surface area contributed by atoms with Gasteiger partial charge in [0.25, 0.3) is 0 Å². The molecule has 0 aliphatic rings. The van der Waals surface area contributed by atoms with E-state index in [9.17, 15) is 0 Å². The zero-order valence-corrected chi connectivity index (χ0v) is 9.71. The van der Waals surface area contributed by atoms with Gasteiger partial charge in [0.15, 0.2) is 0 Å². The molecule has 0 atom stereocenters. The number of alkyl halides is 1. The second kappa shape index (κ2) is 8.55. The third-order valence-electron chi connectivity index (χ3n) is 1.26. The van der Waals surface area contributed by atoms with E-state index in [1.807, 2.05) is 13.1 Å². The van der Waals surface area contributed by atoms with Gasteiger partial charge in [-0.15, -0.1) is 11.6 Å². The lowest BCUT2D eigenvalue weighted by atomic mass is 9.96. The van der Waals surface area contributed by atoms with Crippen molar-refractivity contribution in [1.82, 2.24) is 0 Å². The number of benzene rings is 1. The van der Waals surface area contributed by atoms with Gasteiger partial charge >= 0.3 is 0 Å². The fraction of sp³-hybridized carbons (Fsp3) is 0.250. The van der Waals surface area contributed by atoms with E-state index >= 15 is 0 Å². The molecule has 0 aliphatic carbocycles. The largest absolute Gasteiger partial charge is 1.00 e. The van der Waals surface area contributed by atoms with Crippen LogP contribution in [-0.4, -0.2) is 21.3 Å². The van der Waals surface area contributed by atoms with E-state index in [0.717, 1.165) is 5.69 Å². The molecule has 1 N–H and O–H groups in total. The van der Waals surface area contributed by atoms with Crippen LogP contribution in [0, 0.1) is 0 Å². The predicted molar refractivity (Wildman–Crippen MR) is 58.2 cm³/mol. The molecule has 13 heavy (non-hydrogen) atoms. The number of anilines is 1. The number of halogens is 3. The Bertz CT molecular complexity index is 243. The highest BCUT2D eigenvalue weighted by atomic mass is 35.5. The van der Waals surface area contributed by atoms with E-state index in [1.165, 1.54) is 6.38 Å². The summed E-state index contributed by atoms with van der Waals surface area (Å²) in [6.45, 7) is 0. The molecule has 0 fully saturated rings. The lowest BCUT2D eigenvalue weighted by Gasteiger charge is -2.02. The summed E-state index contributed by atoms with van der Waals surface area (Å²) in [4.78, 5) is 0. The second-order valence-corrected chi connectivity index (χ2v) is 2.40. The molecule has 0 aliphatic heterocycles. The summed E-state index contributed by atoms with van der Waals surface area (Å²) in [7, 11) is 7.29. The summed E-state index contributed by atoms with van der Waals surface area (Å²) in [5.41, 5.74) is 1.58. The lowest BCUT2D eigenvalue weighted by molar-refractivity contribution is -0.00000228. The molecule has 72 valence electrons. The van der Waals surface area contributed by atoms with Crippen molar-refractivity contribution in [2.75, 3.05) is 18.7 Å². The van der Waals surface area contributed by atoms with Gasteiger partial charge in [-0.3, -0.25) is 0 Å². The minimum atomic E-state index is 0. The van der Waals surface area contributed by atoms with Gasteiger partial charge in [-0.05, 0) is 12.1 Å². The van der Waals surface area contributed by atoms with Crippen LogP contribution in [0.4, 0.5) is 5.69 Å². The molecule has 0 unspecified atom stereocenters. The van der Waals surface area contributed by atoms with Crippen LogP contribution >= 0.6 is 23.2 Å². The second-order valence-electron chi connectivity index (χ2n) is 1.99. The molecule has 0 heterocycles. The molecular formula is C8H10BCl3N-. The molecule has 5 heteroatoms. The fourth-order valence-corrected chi connectivity index (χ4v) is 1.02. The Morgan fingerprint density at radius 1 is 1.31 bits per heavy atom. The molecule has 1 nitrogen and oxygen atoms in total. The van der Waals surface area contributed by atoms with Crippen LogP contribution in [0.3, 0.4) is 0 Å². The van der Waals surface area contributed by atoms with Gasteiger partial charge in [-0.2, -0.15) is 0 Å². The van der Waals surface area contributed by atoms with Gasteiger partial charge in [-0.25, -0.2) is 0 Å². The first-order chi connectivity index (χ1) is 5.74. The van der Waals surface area contributed by atoms with Gasteiger partial charge in [0.2, 0.25) is 0 Å². The quantitative estimate of drug-likeness (QED) is 0.490. The van der Waals surface area contributed by atoms with Gasteiger partial charge in [0.05, 0.1) is 10.7 Å². The first-order valence-corrected chi connectivity index (χ1v) is 4.48. The first-order valence-electron chi connectivity index (χ1n) is 3.34. The maximum atomic E-state index is 5.79. The molecule has 0 spiro atoms. The number of hydrogen-bond acceptors (Lipinski definition) is 1. The van der Waals surface area contributed by atoms with E-state index in [0.29, 0.717) is 10.5 Å². The normalized spacial score (nSPS) is 7.69. The highest BCUT2D eigenvalue weighted by Crippen LogP contribution is 2.17. The first kappa shape index (κ1) is 15.4. The van der Waals surface area contributed by atoms with Crippen molar-refractivity contribution in [2.24, 2.45) is 0 Å². The summed E-state index contributed by atoms with van der Waals surface area (Å²) in [5, 5.41) is 3.59. The third kappa shape index (κ3) is 5.30. The smallest absolute Gasteiger partial charge is 0.113 e. The summed E-state index contributed by atoms with van der Waals surface area (Å²) in [5.74, 6) is 0. The Balaban J connectivity index is 0. The Kier molecular flexibility index (Phi) is 10.1. The van der Waals surface area contributed by atoms with Crippen LogP contribution in [0.1, 0.15) is 0 Å². The minimum absolute atomic E-state index is 0. The van der Waals surface area contributed by atoms with Gasteiger partial charge in [0, 0.05) is 13.4 Å². The molecule has 0 saturated heterocycles. The zero-order chi connectivity index (χ0) is 9.56. The molecule has 1 rings (SSSR count). The average molecular weight is 237 g/mol. The maximum absolute atomic E-state index is 5.79. The Morgan fingerprint density at radius 3 is 2.23 bits per heavy atom. The molecule has 2 radical (unpaired) electrons. The van der Waals surface area contributed by atoms with Crippen LogP contribution in [0.2, 0.25) is 5.02 Å². The van der Waals surface area contributed by atoms with E-state index < -0.39 is 0 Å². The molecule has 0 saturated carbocycles. The maximum Gasteiger partial charge on any atom is 0.113 e. The molecule has 0 aromatic heterocycles. The van der Waals surface area contributed by atoms with Crippen LogP contribution in [0.5, 0.6) is 0 Å². The highest BCUT2D eigenvalue weighted by molar-refractivity contribution is 6.37. The highest BCUT2D eigenvalue weighted by Gasteiger charge is 1.94. The average Bonchev–Trinajstić information content (AvgIpc) is 2.08. The SMILES string of the molecule is CCl.[B]c1ccc(NC)c(Cl)c1.[Cl-]. The van der Waals surface area contributed by atoms with Crippen LogP contribution in [-0.2, 0) is 0 Å². The van der Waals surface area contributed by atoms with Crippen molar-refractivity contribution >= 4 is 42.2 Å². The summed E-state index contributed by atoms with van der Waals surface area (Å²) < 4.78 is 0. The van der Waals surface area contributed by atoms with Crippen molar-refractivity contribution in [3.05, 3.63) is 23.2 Å².